The van der Waals surface area contributed by atoms with E-state index in [0.29, 0.717) is 44.8 Å². The van der Waals surface area contributed by atoms with Gasteiger partial charge in [0.25, 0.3) is 0 Å². The highest BCUT2D eigenvalue weighted by molar-refractivity contribution is 7.89. The van der Waals surface area contributed by atoms with Gasteiger partial charge in [-0.25, -0.2) is 12.8 Å². The quantitative estimate of drug-likeness (QED) is 0.807. The molecule has 7 heteroatoms. The second-order valence-corrected chi connectivity index (χ2v) is 9.03. The SMILES string of the molecule is Cc1ccc(F)cc1S(=O)(=O)N1CCC(N2COCc3ccccc32)CC1. The van der Waals surface area contributed by atoms with Crippen LogP contribution in [0.5, 0.6) is 0 Å². The van der Waals surface area contributed by atoms with Crippen LogP contribution in [0.3, 0.4) is 0 Å². The molecule has 0 aliphatic carbocycles. The second kappa shape index (κ2) is 7.22. The molecule has 2 heterocycles. The zero-order valence-corrected chi connectivity index (χ0v) is 16.1. The molecule has 144 valence electrons. The Morgan fingerprint density at radius 1 is 1.11 bits per heavy atom. The lowest BCUT2D eigenvalue weighted by atomic mass is 10.0. The van der Waals surface area contributed by atoms with E-state index in [4.69, 9.17) is 4.74 Å². The standard InChI is InChI=1S/C20H23FN2O3S/c1-15-6-7-17(21)12-20(15)27(24,25)22-10-8-18(9-11-22)23-14-26-13-16-4-2-3-5-19(16)23/h2-7,12,18H,8-11,13-14H2,1H3. The summed E-state index contributed by atoms with van der Waals surface area (Å²) in [7, 11) is -3.69. The van der Waals surface area contributed by atoms with Gasteiger partial charge in [0, 0.05) is 30.4 Å². The van der Waals surface area contributed by atoms with E-state index in [-0.39, 0.29) is 10.9 Å². The minimum Gasteiger partial charge on any atom is -0.356 e. The van der Waals surface area contributed by atoms with Crippen LogP contribution >= 0.6 is 0 Å². The summed E-state index contributed by atoms with van der Waals surface area (Å²) < 4.78 is 46.7. The second-order valence-electron chi connectivity index (χ2n) is 7.12. The Kier molecular flexibility index (Phi) is 4.92. The molecular weight excluding hydrogens is 367 g/mol. The minimum atomic E-state index is -3.69. The van der Waals surface area contributed by atoms with Crippen LogP contribution < -0.4 is 4.90 Å². The molecule has 1 fully saturated rings. The van der Waals surface area contributed by atoms with Crippen molar-refractivity contribution in [3.63, 3.8) is 0 Å². The Balaban J connectivity index is 1.50. The first-order chi connectivity index (χ1) is 13.0. The molecular formula is C20H23FN2O3S. The van der Waals surface area contributed by atoms with Crippen molar-refractivity contribution in [3.05, 3.63) is 59.4 Å². The first kappa shape index (κ1) is 18.4. The van der Waals surface area contributed by atoms with E-state index in [0.717, 1.165) is 11.6 Å². The summed E-state index contributed by atoms with van der Waals surface area (Å²) >= 11 is 0. The lowest BCUT2D eigenvalue weighted by Gasteiger charge is -2.41. The number of halogens is 1. The van der Waals surface area contributed by atoms with Gasteiger partial charge in [0.05, 0.1) is 11.5 Å². The smallest absolute Gasteiger partial charge is 0.243 e. The van der Waals surface area contributed by atoms with Crippen LogP contribution in [-0.4, -0.2) is 38.6 Å². The highest BCUT2D eigenvalue weighted by atomic mass is 32.2. The molecule has 0 N–H and O–H groups in total. The Morgan fingerprint density at radius 3 is 2.63 bits per heavy atom. The van der Waals surface area contributed by atoms with Gasteiger partial charge in [0.1, 0.15) is 12.5 Å². The van der Waals surface area contributed by atoms with E-state index in [1.54, 1.807) is 6.92 Å². The van der Waals surface area contributed by atoms with Crippen molar-refractivity contribution in [2.75, 3.05) is 24.7 Å². The topological polar surface area (TPSA) is 49.9 Å². The van der Waals surface area contributed by atoms with Gasteiger partial charge in [-0.05, 0) is 43.5 Å². The molecule has 0 radical (unpaired) electrons. The Labute approximate surface area is 159 Å². The van der Waals surface area contributed by atoms with Gasteiger partial charge in [-0.15, -0.1) is 0 Å². The van der Waals surface area contributed by atoms with Crippen LogP contribution in [0.4, 0.5) is 10.1 Å². The molecule has 0 aromatic heterocycles. The van der Waals surface area contributed by atoms with Crippen molar-refractivity contribution in [1.82, 2.24) is 4.31 Å². The van der Waals surface area contributed by atoms with Crippen molar-refractivity contribution < 1.29 is 17.5 Å². The normalized spacial score (nSPS) is 19.1. The number of hydrogen-bond donors (Lipinski definition) is 0. The predicted molar refractivity (Wildman–Crippen MR) is 101 cm³/mol. The van der Waals surface area contributed by atoms with Crippen molar-refractivity contribution in [3.8, 4) is 0 Å². The molecule has 0 atom stereocenters. The molecule has 5 nitrogen and oxygen atoms in total. The Bertz CT molecular complexity index is 940. The zero-order chi connectivity index (χ0) is 19.0. The maximum Gasteiger partial charge on any atom is 0.243 e. The third-order valence-electron chi connectivity index (χ3n) is 5.42. The lowest BCUT2D eigenvalue weighted by Crippen LogP contribution is -2.48. The van der Waals surface area contributed by atoms with E-state index < -0.39 is 15.8 Å². The molecule has 0 spiro atoms. The maximum atomic E-state index is 13.6. The third-order valence-corrected chi connectivity index (χ3v) is 7.46. The molecule has 0 amide bonds. The number of rotatable bonds is 3. The van der Waals surface area contributed by atoms with Gasteiger partial charge in [0.2, 0.25) is 10.0 Å². The molecule has 2 aliphatic heterocycles. The summed E-state index contributed by atoms with van der Waals surface area (Å²) in [5.41, 5.74) is 2.90. The monoisotopic (exact) mass is 390 g/mol. The lowest BCUT2D eigenvalue weighted by molar-refractivity contribution is 0.0988. The number of sulfonamides is 1. The first-order valence-electron chi connectivity index (χ1n) is 9.15. The fourth-order valence-corrected chi connectivity index (χ4v) is 5.63. The van der Waals surface area contributed by atoms with Crippen LogP contribution in [0, 0.1) is 12.7 Å². The minimum absolute atomic E-state index is 0.0626. The van der Waals surface area contributed by atoms with Crippen LogP contribution in [0.25, 0.3) is 0 Å². The number of nitrogens with zero attached hydrogens (tertiary/aromatic N) is 2. The van der Waals surface area contributed by atoms with Crippen molar-refractivity contribution in [2.24, 2.45) is 0 Å². The van der Waals surface area contributed by atoms with E-state index in [9.17, 15) is 12.8 Å². The number of aryl methyl sites for hydroxylation is 1. The molecule has 2 aliphatic rings. The van der Waals surface area contributed by atoms with Crippen LogP contribution in [0.2, 0.25) is 0 Å². The third kappa shape index (κ3) is 3.47. The first-order valence-corrected chi connectivity index (χ1v) is 10.6. The summed E-state index contributed by atoms with van der Waals surface area (Å²) in [6.45, 7) is 3.67. The van der Waals surface area contributed by atoms with E-state index in [2.05, 4.69) is 17.0 Å². The van der Waals surface area contributed by atoms with E-state index in [1.807, 2.05) is 12.1 Å². The average molecular weight is 390 g/mol. The molecule has 0 saturated carbocycles. The van der Waals surface area contributed by atoms with E-state index >= 15 is 0 Å². The fourth-order valence-electron chi connectivity index (χ4n) is 3.92. The summed E-state index contributed by atoms with van der Waals surface area (Å²) in [5.74, 6) is -0.531. The van der Waals surface area contributed by atoms with Crippen molar-refractivity contribution in [1.29, 1.82) is 0 Å². The molecule has 0 bridgehead atoms. The van der Waals surface area contributed by atoms with Crippen LogP contribution in [0.15, 0.2) is 47.4 Å². The largest absolute Gasteiger partial charge is 0.356 e. The molecule has 0 unspecified atom stereocenters. The Morgan fingerprint density at radius 2 is 1.85 bits per heavy atom. The molecule has 2 aromatic carbocycles. The van der Waals surface area contributed by atoms with Crippen LogP contribution in [0.1, 0.15) is 24.0 Å². The summed E-state index contributed by atoms with van der Waals surface area (Å²) in [6, 6.07) is 12.3. The number of piperidine rings is 1. The van der Waals surface area contributed by atoms with Gasteiger partial charge in [-0.3, -0.25) is 0 Å². The number of anilines is 1. The molecule has 1 saturated heterocycles. The van der Waals surface area contributed by atoms with Gasteiger partial charge < -0.3 is 9.64 Å². The number of ether oxygens (including phenoxy) is 1. The number of fused-ring (bicyclic) bond motifs is 1. The Hall–Kier alpha value is -1.96. The van der Waals surface area contributed by atoms with Crippen molar-refractivity contribution in [2.45, 2.75) is 37.3 Å². The van der Waals surface area contributed by atoms with Crippen molar-refractivity contribution >= 4 is 15.7 Å². The molecule has 27 heavy (non-hydrogen) atoms. The average Bonchev–Trinajstić information content (AvgIpc) is 2.69. The molecule has 2 aromatic rings. The van der Waals surface area contributed by atoms with Crippen LogP contribution in [-0.2, 0) is 21.4 Å². The number of benzene rings is 2. The zero-order valence-electron chi connectivity index (χ0n) is 15.3. The van der Waals surface area contributed by atoms with Gasteiger partial charge in [-0.2, -0.15) is 4.31 Å². The van der Waals surface area contributed by atoms with Gasteiger partial charge >= 0.3 is 0 Å². The highest BCUT2D eigenvalue weighted by Gasteiger charge is 2.34. The molecule has 4 rings (SSSR count). The summed E-state index contributed by atoms with van der Waals surface area (Å²) in [5, 5.41) is 0. The predicted octanol–water partition coefficient (Wildman–Crippen LogP) is 3.28. The highest BCUT2D eigenvalue weighted by Crippen LogP contribution is 2.32. The summed E-state index contributed by atoms with van der Waals surface area (Å²) in [4.78, 5) is 2.29. The number of hydrogen-bond acceptors (Lipinski definition) is 4. The van der Waals surface area contributed by atoms with Gasteiger partial charge in [0.15, 0.2) is 0 Å². The van der Waals surface area contributed by atoms with Gasteiger partial charge in [-0.1, -0.05) is 24.3 Å². The number of para-hydroxylation sites is 1. The summed E-state index contributed by atoms with van der Waals surface area (Å²) in [6.07, 6.45) is 1.43. The maximum absolute atomic E-state index is 13.6. The van der Waals surface area contributed by atoms with E-state index in [1.165, 1.54) is 22.1 Å². The fraction of sp³-hybridized carbons (Fsp3) is 0.400.